The SMILES string of the molecule is N[C@H]([C]=O)Cc1cscn1. The van der Waals surface area contributed by atoms with Gasteiger partial charge in [0.2, 0.25) is 6.29 Å². The Morgan fingerprint density at radius 2 is 2.70 bits per heavy atom. The van der Waals surface area contributed by atoms with E-state index < -0.39 is 6.04 Å². The van der Waals surface area contributed by atoms with Gasteiger partial charge in [-0.1, -0.05) is 0 Å². The number of aromatic nitrogens is 1. The third kappa shape index (κ3) is 1.89. The van der Waals surface area contributed by atoms with Gasteiger partial charge in [-0.3, -0.25) is 4.79 Å². The van der Waals surface area contributed by atoms with Gasteiger partial charge in [0.25, 0.3) is 0 Å². The molecule has 0 unspecified atom stereocenters. The summed E-state index contributed by atoms with van der Waals surface area (Å²) in [6.45, 7) is 0. The number of thiazole rings is 1. The highest BCUT2D eigenvalue weighted by Gasteiger charge is 2.03. The van der Waals surface area contributed by atoms with Gasteiger partial charge in [0, 0.05) is 11.8 Å². The van der Waals surface area contributed by atoms with Crippen LogP contribution < -0.4 is 5.73 Å². The fourth-order valence-corrected chi connectivity index (χ4v) is 1.18. The molecule has 3 nitrogen and oxygen atoms in total. The molecule has 1 aromatic heterocycles. The van der Waals surface area contributed by atoms with Gasteiger partial charge in [-0.05, 0) is 0 Å². The Bertz CT molecular complexity index is 198. The minimum absolute atomic E-state index is 0.493. The molecule has 0 aliphatic heterocycles. The van der Waals surface area contributed by atoms with Crippen molar-refractivity contribution in [3.05, 3.63) is 16.6 Å². The van der Waals surface area contributed by atoms with Gasteiger partial charge in [0.1, 0.15) is 0 Å². The molecule has 0 aliphatic carbocycles. The maximum absolute atomic E-state index is 9.96. The zero-order valence-electron chi connectivity index (χ0n) is 5.28. The van der Waals surface area contributed by atoms with E-state index in [1.165, 1.54) is 11.3 Å². The van der Waals surface area contributed by atoms with Crippen molar-refractivity contribution < 1.29 is 4.79 Å². The topological polar surface area (TPSA) is 56.0 Å². The first-order valence-electron chi connectivity index (χ1n) is 2.83. The molecule has 4 heteroatoms. The molecule has 1 atom stereocenters. The highest BCUT2D eigenvalue weighted by molar-refractivity contribution is 7.07. The van der Waals surface area contributed by atoms with E-state index in [1.807, 2.05) is 5.38 Å². The van der Waals surface area contributed by atoms with Gasteiger partial charge >= 0.3 is 0 Å². The molecule has 0 aromatic carbocycles. The largest absolute Gasteiger partial charge is 0.321 e. The molecular formula is C6H7N2OS. The number of nitrogens with zero attached hydrogens (tertiary/aromatic N) is 1. The maximum atomic E-state index is 9.96. The van der Waals surface area contributed by atoms with E-state index in [0.717, 1.165) is 5.69 Å². The van der Waals surface area contributed by atoms with Gasteiger partial charge in [0.15, 0.2) is 0 Å². The Labute approximate surface area is 62.9 Å². The summed E-state index contributed by atoms with van der Waals surface area (Å²) in [5.41, 5.74) is 7.88. The van der Waals surface area contributed by atoms with E-state index in [9.17, 15) is 4.79 Å². The van der Waals surface area contributed by atoms with Crippen LogP contribution in [0.2, 0.25) is 0 Å². The van der Waals surface area contributed by atoms with Crippen LogP contribution in [0.5, 0.6) is 0 Å². The second-order valence-electron chi connectivity index (χ2n) is 1.91. The van der Waals surface area contributed by atoms with Crippen LogP contribution in [0.15, 0.2) is 10.9 Å². The van der Waals surface area contributed by atoms with Crippen molar-refractivity contribution >= 4 is 17.6 Å². The molecule has 0 aliphatic rings. The average Bonchev–Trinajstić information content (AvgIpc) is 2.40. The summed E-state index contributed by atoms with van der Waals surface area (Å²) < 4.78 is 0. The Hall–Kier alpha value is -0.740. The molecule has 0 bridgehead atoms. The van der Waals surface area contributed by atoms with E-state index in [2.05, 4.69) is 4.98 Å². The van der Waals surface area contributed by atoms with Gasteiger partial charge < -0.3 is 5.73 Å². The lowest BCUT2D eigenvalue weighted by atomic mass is 10.2. The molecule has 53 valence electrons. The highest BCUT2D eigenvalue weighted by atomic mass is 32.1. The van der Waals surface area contributed by atoms with Crippen LogP contribution in [0.25, 0.3) is 0 Å². The summed E-state index contributed by atoms with van der Waals surface area (Å²) in [7, 11) is 0. The predicted molar refractivity (Wildman–Crippen MR) is 39.5 cm³/mol. The molecule has 1 radical (unpaired) electrons. The number of nitrogens with two attached hydrogens (primary N) is 1. The lowest BCUT2D eigenvalue weighted by Gasteiger charge is -1.96. The number of hydrogen-bond donors (Lipinski definition) is 1. The molecule has 0 saturated carbocycles. The van der Waals surface area contributed by atoms with Crippen LogP contribution in [-0.2, 0) is 11.2 Å². The van der Waals surface area contributed by atoms with Crippen LogP contribution in [0.4, 0.5) is 0 Å². The van der Waals surface area contributed by atoms with Crippen LogP contribution in [-0.4, -0.2) is 17.3 Å². The van der Waals surface area contributed by atoms with Crippen LogP contribution >= 0.6 is 11.3 Å². The van der Waals surface area contributed by atoms with Gasteiger partial charge in [-0.15, -0.1) is 11.3 Å². The first-order valence-corrected chi connectivity index (χ1v) is 3.77. The lowest BCUT2D eigenvalue weighted by Crippen LogP contribution is -2.24. The van der Waals surface area contributed by atoms with E-state index in [0.29, 0.717) is 6.42 Å². The summed E-state index contributed by atoms with van der Waals surface area (Å²) >= 11 is 1.50. The maximum Gasteiger partial charge on any atom is 0.217 e. The molecule has 1 aromatic rings. The Morgan fingerprint density at radius 1 is 1.90 bits per heavy atom. The fraction of sp³-hybridized carbons (Fsp3) is 0.333. The average molecular weight is 155 g/mol. The molecular weight excluding hydrogens is 148 g/mol. The van der Waals surface area contributed by atoms with Crippen LogP contribution in [0, 0.1) is 0 Å². The second-order valence-corrected chi connectivity index (χ2v) is 2.63. The smallest absolute Gasteiger partial charge is 0.217 e. The van der Waals surface area contributed by atoms with E-state index in [-0.39, 0.29) is 0 Å². The highest BCUT2D eigenvalue weighted by Crippen LogP contribution is 2.01. The van der Waals surface area contributed by atoms with Crippen molar-refractivity contribution in [2.24, 2.45) is 5.73 Å². The number of carbonyl (C=O) groups excluding carboxylic acids is 1. The summed E-state index contributed by atoms with van der Waals surface area (Å²) in [6, 6.07) is -0.526. The van der Waals surface area contributed by atoms with Gasteiger partial charge in [0.05, 0.1) is 17.2 Å². The second kappa shape index (κ2) is 3.43. The normalized spacial score (nSPS) is 12.9. The standard InChI is InChI=1S/C6H7N2OS/c7-5(2-9)1-6-3-10-4-8-6/h3-5H,1,7H2/t5-/m0/s1. The molecule has 1 rings (SSSR count). The lowest BCUT2D eigenvalue weighted by molar-refractivity contribution is 0.540. The third-order valence-corrected chi connectivity index (χ3v) is 1.70. The Morgan fingerprint density at radius 3 is 3.20 bits per heavy atom. The number of hydrogen-bond acceptors (Lipinski definition) is 4. The summed E-state index contributed by atoms with van der Waals surface area (Å²) in [6.07, 6.45) is 2.19. The first kappa shape index (κ1) is 7.37. The van der Waals surface area contributed by atoms with Gasteiger partial charge in [-0.25, -0.2) is 4.98 Å². The van der Waals surface area contributed by atoms with E-state index in [1.54, 1.807) is 11.8 Å². The third-order valence-electron chi connectivity index (χ3n) is 1.06. The van der Waals surface area contributed by atoms with Crippen molar-refractivity contribution in [2.75, 3.05) is 0 Å². The zero-order valence-corrected chi connectivity index (χ0v) is 6.10. The minimum Gasteiger partial charge on any atom is -0.321 e. The molecule has 1 heterocycles. The Kier molecular flexibility index (Phi) is 2.53. The summed E-state index contributed by atoms with van der Waals surface area (Å²) in [4.78, 5) is 13.9. The monoisotopic (exact) mass is 155 g/mol. The Balaban J connectivity index is 2.47. The first-order chi connectivity index (χ1) is 4.83. The summed E-state index contributed by atoms with van der Waals surface area (Å²) in [5.74, 6) is 0. The molecule has 0 fully saturated rings. The zero-order chi connectivity index (χ0) is 7.40. The van der Waals surface area contributed by atoms with Crippen LogP contribution in [0.1, 0.15) is 5.69 Å². The molecule has 0 saturated heterocycles. The van der Waals surface area contributed by atoms with Gasteiger partial charge in [-0.2, -0.15) is 0 Å². The fourth-order valence-electron chi connectivity index (χ4n) is 0.605. The van der Waals surface area contributed by atoms with E-state index >= 15 is 0 Å². The molecule has 2 N–H and O–H groups in total. The number of rotatable bonds is 3. The van der Waals surface area contributed by atoms with Crippen molar-refractivity contribution in [1.29, 1.82) is 0 Å². The quantitative estimate of drug-likeness (QED) is 0.674. The van der Waals surface area contributed by atoms with Crippen molar-refractivity contribution in [3.8, 4) is 0 Å². The van der Waals surface area contributed by atoms with Crippen molar-refractivity contribution in [1.82, 2.24) is 4.98 Å². The van der Waals surface area contributed by atoms with Crippen molar-refractivity contribution in [2.45, 2.75) is 12.5 Å². The molecule has 10 heavy (non-hydrogen) atoms. The van der Waals surface area contributed by atoms with Crippen LogP contribution in [0.3, 0.4) is 0 Å². The predicted octanol–water partition coefficient (Wildman–Crippen LogP) is 0.123. The van der Waals surface area contributed by atoms with E-state index in [4.69, 9.17) is 5.73 Å². The summed E-state index contributed by atoms with van der Waals surface area (Å²) in [5, 5.41) is 1.87. The molecule has 0 amide bonds. The van der Waals surface area contributed by atoms with Crippen molar-refractivity contribution in [3.63, 3.8) is 0 Å². The minimum atomic E-state index is -0.526. The molecule has 0 spiro atoms.